The highest BCUT2D eigenvalue weighted by atomic mass is 16.5. The van der Waals surface area contributed by atoms with Gasteiger partial charge in [-0.05, 0) is 12.1 Å². The lowest BCUT2D eigenvalue weighted by Crippen LogP contribution is -2.17. The number of ether oxygens (including phenoxy) is 1. The maximum absolute atomic E-state index is 12.0. The molecule has 5 heteroatoms. The third-order valence-corrected chi connectivity index (χ3v) is 3.39. The van der Waals surface area contributed by atoms with Crippen LogP contribution in [-0.4, -0.2) is 23.3 Å². The highest BCUT2D eigenvalue weighted by Crippen LogP contribution is 2.08. The van der Waals surface area contributed by atoms with Crippen molar-refractivity contribution < 1.29 is 14.3 Å². The number of carbonyl (C=O) groups is 2. The van der Waals surface area contributed by atoms with Crippen LogP contribution in [0.25, 0.3) is 10.9 Å². The van der Waals surface area contributed by atoms with E-state index in [0.717, 1.165) is 0 Å². The minimum Gasteiger partial charge on any atom is -0.453 e. The summed E-state index contributed by atoms with van der Waals surface area (Å²) in [5.74, 6) is -1.04. The number of pyridine rings is 1. The van der Waals surface area contributed by atoms with Crippen LogP contribution in [0.3, 0.4) is 0 Å². The minimum absolute atomic E-state index is 0.0227. The van der Waals surface area contributed by atoms with Crippen LogP contribution in [-0.2, 0) is 4.74 Å². The molecule has 5 nitrogen and oxygen atoms in total. The molecule has 2 aromatic carbocycles. The van der Waals surface area contributed by atoms with E-state index in [1.807, 2.05) is 0 Å². The lowest BCUT2D eigenvalue weighted by atomic mass is 10.1. The van der Waals surface area contributed by atoms with Gasteiger partial charge in [0, 0.05) is 22.5 Å². The van der Waals surface area contributed by atoms with Gasteiger partial charge in [-0.25, -0.2) is 4.79 Å². The summed E-state index contributed by atoms with van der Waals surface area (Å²) in [7, 11) is 0. The summed E-state index contributed by atoms with van der Waals surface area (Å²) >= 11 is 0. The smallest absolute Gasteiger partial charge is 0.355 e. The van der Waals surface area contributed by atoms with Crippen LogP contribution in [0, 0.1) is 0 Å². The number of benzene rings is 2. The Labute approximate surface area is 131 Å². The first kappa shape index (κ1) is 14.7. The van der Waals surface area contributed by atoms with Gasteiger partial charge < -0.3 is 9.72 Å². The molecule has 0 saturated carbocycles. The van der Waals surface area contributed by atoms with E-state index in [-0.39, 0.29) is 23.5 Å². The number of Topliss-reactive ketones (excluding diaryl/α,β-unsaturated/α-hetero) is 1. The summed E-state index contributed by atoms with van der Waals surface area (Å²) in [6.07, 6.45) is 0. The van der Waals surface area contributed by atoms with Gasteiger partial charge in [-0.15, -0.1) is 0 Å². The molecule has 23 heavy (non-hydrogen) atoms. The molecule has 0 bridgehead atoms. The van der Waals surface area contributed by atoms with Crippen molar-refractivity contribution in [3.8, 4) is 0 Å². The molecule has 0 amide bonds. The van der Waals surface area contributed by atoms with E-state index >= 15 is 0 Å². The van der Waals surface area contributed by atoms with Crippen LogP contribution in [0.4, 0.5) is 0 Å². The summed E-state index contributed by atoms with van der Waals surface area (Å²) in [4.78, 5) is 38.8. The van der Waals surface area contributed by atoms with Crippen LogP contribution < -0.4 is 5.43 Å². The van der Waals surface area contributed by atoms with Crippen molar-refractivity contribution in [1.29, 1.82) is 0 Å². The summed E-state index contributed by atoms with van der Waals surface area (Å²) < 4.78 is 4.99. The highest BCUT2D eigenvalue weighted by molar-refractivity contribution is 5.99. The van der Waals surface area contributed by atoms with Crippen LogP contribution in [0.2, 0.25) is 0 Å². The summed E-state index contributed by atoms with van der Waals surface area (Å²) in [6, 6.07) is 16.6. The number of ketones is 1. The molecule has 1 N–H and O–H groups in total. The molecule has 0 radical (unpaired) electrons. The molecule has 0 fully saturated rings. The number of para-hydroxylation sites is 1. The maximum atomic E-state index is 12.0. The van der Waals surface area contributed by atoms with Gasteiger partial charge in [-0.1, -0.05) is 42.5 Å². The van der Waals surface area contributed by atoms with Crippen LogP contribution >= 0.6 is 0 Å². The molecule has 3 rings (SSSR count). The largest absolute Gasteiger partial charge is 0.453 e. The molecule has 0 atom stereocenters. The van der Waals surface area contributed by atoms with Gasteiger partial charge in [-0.2, -0.15) is 0 Å². The molecule has 0 aliphatic rings. The normalized spacial score (nSPS) is 10.4. The van der Waals surface area contributed by atoms with Crippen molar-refractivity contribution in [2.24, 2.45) is 0 Å². The van der Waals surface area contributed by atoms with Crippen LogP contribution in [0.5, 0.6) is 0 Å². The number of H-pyrrole nitrogens is 1. The first-order chi connectivity index (χ1) is 11.1. The number of nitrogens with one attached hydrogen (secondary N) is 1. The van der Waals surface area contributed by atoms with E-state index in [9.17, 15) is 14.4 Å². The Kier molecular flexibility index (Phi) is 4.01. The van der Waals surface area contributed by atoms with Gasteiger partial charge in [0.1, 0.15) is 5.69 Å². The Hall–Kier alpha value is -3.21. The number of carbonyl (C=O) groups excluding carboxylic acids is 2. The van der Waals surface area contributed by atoms with E-state index in [4.69, 9.17) is 4.74 Å². The fraction of sp³-hybridized carbons (Fsp3) is 0.0556. The van der Waals surface area contributed by atoms with E-state index in [1.165, 1.54) is 6.07 Å². The van der Waals surface area contributed by atoms with Crippen molar-refractivity contribution in [2.75, 3.05) is 6.61 Å². The van der Waals surface area contributed by atoms with Gasteiger partial charge in [-0.3, -0.25) is 9.59 Å². The number of hydrogen-bond acceptors (Lipinski definition) is 4. The molecular formula is C18H13NO4. The second kappa shape index (κ2) is 6.27. The Balaban J connectivity index is 1.76. The zero-order valence-electron chi connectivity index (χ0n) is 12.1. The standard InChI is InChI=1S/C18H13NO4/c20-16-10-15(19-14-9-5-4-8-13(14)16)18(22)23-11-17(21)12-6-2-1-3-7-12/h1-10H,11H2,(H,19,20). The average Bonchev–Trinajstić information content (AvgIpc) is 2.60. The summed E-state index contributed by atoms with van der Waals surface area (Å²) in [5, 5.41) is 0.490. The zero-order valence-corrected chi connectivity index (χ0v) is 12.1. The van der Waals surface area contributed by atoms with Gasteiger partial charge in [0.25, 0.3) is 0 Å². The second-order valence-corrected chi connectivity index (χ2v) is 4.96. The van der Waals surface area contributed by atoms with Gasteiger partial charge in [0.15, 0.2) is 17.8 Å². The van der Waals surface area contributed by atoms with Crippen molar-refractivity contribution in [3.05, 3.63) is 82.1 Å². The van der Waals surface area contributed by atoms with Gasteiger partial charge in [0.05, 0.1) is 0 Å². The first-order valence-corrected chi connectivity index (χ1v) is 7.02. The maximum Gasteiger partial charge on any atom is 0.355 e. The van der Waals surface area contributed by atoms with Crippen LogP contribution in [0.15, 0.2) is 65.5 Å². The molecule has 0 spiro atoms. The number of aromatic nitrogens is 1. The molecule has 0 aliphatic heterocycles. The summed E-state index contributed by atoms with van der Waals surface area (Å²) in [5.41, 5.74) is 0.754. The van der Waals surface area contributed by atoms with Gasteiger partial charge in [0.2, 0.25) is 0 Å². The molecule has 0 unspecified atom stereocenters. The predicted octanol–water partition coefficient (Wildman–Crippen LogP) is 2.57. The quantitative estimate of drug-likeness (QED) is 0.593. The van der Waals surface area contributed by atoms with Gasteiger partial charge >= 0.3 is 5.97 Å². The SMILES string of the molecule is O=C(COC(=O)c1cc(=O)c2ccccc2[nH]1)c1ccccc1. The van der Waals surface area contributed by atoms with E-state index < -0.39 is 5.97 Å². The number of esters is 1. The monoisotopic (exact) mass is 307 g/mol. The molecular weight excluding hydrogens is 294 g/mol. The molecule has 114 valence electrons. The molecule has 0 saturated heterocycles. The topological polar surface area (TPSA) is 76.2 Å². The third-order valence-electron chi connectivity index (χ3n) is 3.39. The molecule has 1 heterocycles. The first-order valence-electron chi connectivity index (χ1n) is 7.02. The van der Waals surface area contributed by atoms with E-state index in [2.05, 4.69) is 4.98 Å². The van der Waals surface area contributed by atoms with Crippen molar-refractivity contribution >= 4 is 22.7 Å². The number of aromatic amines is 1. The minimum atomic E-state index is -0.739. The van der Waals surface area contributed by atoms with Crippen molar-refractivity contribution in [3.63, 3.8) is 0 Å². The molecule has 3 aromatic rings. The fourth-order valence-corrected chi connectivity index (χ4v) is 2.22. The predicted molar refractivity (Wildman–Crippen MR) is 85.6 cm³/mol. The molecule has 0 aliphatic carbocycles. The fourth-order valence-electron chi connectivity index (χ4n) is 2.22. The lowest BCUT2D eigenvalue weighted by Gasteiger charge is -2.05. The Morgan fingerprint density at radius 2 is 1.65 bits per heavy atom. The summed E-state index contributed by atoms with van der Waals surface area (Å²) in [6.45, 7) is -0.377. The average molecular weight is 307 g/mol. The van der Waals surface area contributed by atoms with Crippen molar-refractivity contribution in [2.45, 2.75) is 0 Å². The Morgan fingerprint density at radius 3 is 2.43 bits per heavy atom. The zero-order chi connectivity index (χ0) is 16.2. The number of rotatable bonds is 4. The van der Waals surface area contributed by atoms with Crippen molar-refractivity contribution in [1.82, 2.24) is 4.98 Å². The third kappa shape index (κ3) is 3.18. The Morgan fingerprint density at radius 1 is 0.957 bits per heavy atom. The molecule has 1 aromatic heterocycles. The number of hydrogen-bond donors (Lipinski definition) is 1. The van der Waals surface area contributed by atoms with E-state index in [0.29, 0.717) is 16.5 Å². The highest BCUT2D eigenvalue weighted by Gasteiger charge is 2.13. The lowest BCUT2D eigenvalue weighted by molar-refractivity contribution is 0.0469. The second-order valence-electron chi connectivity index (χ2n) is 4.96. The van der Waals surface area contributed by atoms with E-state index in [1.54, 1.807) is 54.6 Å². The number of fused-ring (bicyclic) bond motifs is 1. The van der Waals surface area contributed by atoms with Crippen LogP contribution in [0.1, 0.15) is 20.8 Å². The Bertz CT molecular complexity index is 928.